The predicted molar refractivity (Wildman–Crippen MR) is 77.3 cm³/mol. The minimum atomic E-state index is 0.0710. The fourth-order valence-electron chi connectivity index (χ4n) is 4.80. The van der Waals surface area contributed by atoms with E-state index in [2.05, 4.69) is 4.90 Å². The van der Waals surface area contributed by atoms with Gasteiger partial charge in [-0.25, -0.2) is 0 Å². The molecule has 2 aliphatic carbocycles. The van der Waals surface area contributed by atoms with Gasteiger partial charge in [-0.3, -0.25) is 4.79 Å². The summed E-state index contributed by atoms with van der Waals surface area (Å²) in [6.45, 7) is 1.80. The van der Waals surface area contributed by atoms with Crippen molar-refractivity contribution in [1.82, 2.24) is 4.90 Å². The van der Waals surface area contributed by atoms with Crippen LogP contribution >= 0.6 is 0 Å². The Morgan fingerprint density at radius 3 is 2.35 bits per heavy atom. The van der Waals surface area contributed by atoms with E-state index in [0.29, 0.717) is 17.9 Å². The highest BCUT2D eigenvalue weighted by molar-refractivity contribution is 5.80. The third kappa shape index (κ3) is 2.09. The maximum absolute atomic E-state index is 12.9. The van der Waals surface area contributed by atoms with Crippen LogP contribution in [-0.2, 0) is 9.53 Å². The van der Waals surface area contributed by atoms with Crippen LogP contribution in [0.3, 0.4) is 0 Å². The Morgan fingerprint density at radius 2 is 1.75 bits per heavy atom. The third-order valence-corrected chi connectivity index (χ3v) is 6.00. The maximum atomic E-state index is 12.9. The van der Waals surface area contributed by atoms with Crippen LogP contribution in [0.1, 0.15) is 64.2 Å². The molecule has 4 fully saturated rings. The summed E-state index contributed by atoms with van der Waals surface area (Å²) in [5, 5.41) is 0. The van der Waals surface area contributed by atoms with Crippen LogP contribution in [-0.4, -0.2) is 35.6 Å². The molecule has 2 saturated carbocycles. The Balaban J connectivity index is 1.46. The van der Waals surface area contributed by atoms with Crippen molar-refractivity contribution in [2.45, 2.75) is 75.9 Å². The average molecular weight is 277 g/mol. The highest BCUT2D eigenvalue weighted by Crippen LogP contribution is 2.52. The molecule has 1 spiro atoms. The van der Waals surface area contributed by atoms with Gasteiger partial charge in [0, 0.05) is 12.5 Å². The Morgan fingerprint density at radius 1 is 1.00 bits per heavy atom. The van der Waals surface area contributed by atoms with E-state index in [0.717, 1.165) is 31.9 Å². The molecule has 4 rings (SSSR count). The molecule has 2 unspecified atom stereocenters. The molecule has 2 aliphatic heterocycles. The van der Waals surface area contributed by atoms with Crippen LogP contribution in [0.5, 0.6) is 0 Å². The van der Waals surface area contributed by atoms with E-state index < -0.39 is 0 Å². The first kappa shape index (κ1) is 13.1. The second-order valence-corrected chi connectivity index (χ2v) is 7.45. The van der Waals surface area contributed by atoms with E-state index in [-0.39, 0.29) is 5.60 Å². The average Bonchev–Trinajstić information content (AvgIpc) is 3.17. The lowest BCUT2D eigenvalue weighted by Gasteiger charge is -2.56. The van der Waals surface area contributed by atoms with Gasteiger partial charge in [0.05, 0.1) is 12.6 Å². The van der Waals surface area contributed by atoms with Crippen molar-refractivity contribution in [3.05, 3.63) is 0 Å². The number of hydrogen-bond donors (Lipinski definition) is 0. The lowest BCUT2D eigenvalue weighted by molar-refractivity contribution is -0.188. The molecule has 3 nitrogen and oxygen atoms in total. The minimum absolute atomic E-state index is 0.0710. The minimum Gasteiger partial charge on any atom is -0.371 e. The van der Waals surface area contributed by atoms with Crippen LogP contribution < -0.4 is 0 Å². The van der Waals surface area contributed by atoms with E-state index in [1.807, 2.05) is 0 Å². The number of carbonyl (C=O) groups is 1. The van der Waals surface area contributed by atoms with Gasteiger partial charge in [-0.15, -0.1) is 0 Å². The molecule has 2 atom stereocenters. The molecule has 3 heteroatoms. The van der Waals surface area contributed by atoms with Crippen molar-refractivity contribution in [3.63, 3.8) is 0 Å². The number of hydrogen-bond acceptors (Lipinski definition) is 2. The molecule has 20 heavy (non-hydrogen) atoms. The van der Waals surface area contributed by atoms with Gasteiger partial charge in [-0.05, 0) is 44.4 Å². The topological polar surface area (TPSA) is 29.5 Å². The smallest absolute Gasteiger partial charge is 0.226 e. The number of amides is 1. The number of likely N-dealkylation sites (tertiary alicyclic amines) is 1. The Hall–Kier alpha value is -0.570. The van der Waals surface area contributed by atoms with Crippen molar-refractivity contribution >= 4 is 5.91 Å². The molecule has 0 radical (unpaired) electrons. The Labute approximate surface area is 122 Å². The van der Waals surface area contributed by atoms with Gasteiger partial charge >= 0.3 is 0 Å². The number of ether oxygens (including phenoxy) is 1. The summed E-state index contributed by atoms with van der Waals surface area (Å²) in [6.07, 6.45) is 12.4. The molecule has 0 N–H and O–H groups in total. The van der Waals surface area contributed by atoms with Crippen molar-refractivity contribution in [3.8, 4) is 0 Å². The number of nitrogens with zero attached hydrogens (tertiary/aromatic N) is 1. The predicted octanol–water partition coefficient (Wildman–Crippen LogP) is 3.13. The van der Waals surface area contributed by atoms with Gasteiger partial charge in [0.15, 0.2) is 0 Å². The lowest BCUT2D eigenvalue weighted by atomic mass is 9.77. The summed E-state index contributed by atoms with van der Waals surface area (Å²) in [7, 11) is 0. The summed E-state index contributed by atoms with van der Waals surface area (Å²) in [5.41, 5.74) is 0.0710. The summed E-state index contributed by atoms with van der Waals surface area (Å²) >= 11 is 0. The second kappa shape index (κ2) is 5.01. The number of rotatable bonds is 2. The molecule has 0 aromatic rings. The van der Waals surface area contributed by atoms with Gasteiger partial charge in [-0.2, -0.15) is 0 Å². The lowest BCUT2D eigenvalue weighted by Crippen LogP contribution is -2.72. The molecule has 0 aromatic carbocycles. The molecule has 2 heterocycles. The van der Waals surface area contributed by atoms with Crippen LogP contribution in [0.15, 0.2) is 0 Å². The summed E-state index contributed by atoms with van der Waals surface area (Å²) < 4.78 is 6.09. The zero-order valence-electron chi connectivity index (χ0n) is 12.5. The third-order valence-electron chi connectivity index (χ3n) is 6.00. The van der Waals surface area contributed by atoms with E-state index in [9.17, 15) is 4.79 Å². The molecular formula is C17H27NO2. The quantitative estimate of drug-likeness (QED) is 0.726. The van der Waals surface area contributed by atoms with Gasteiger partial charge in [-0.1, -0.05) is 25.7 Å². The van der Waals surface area contributed by atoms with Crippen LogP contribution in [0.2, 0.25) is 0 Å². The van der Waals surface area contributed by atoms with Crippen molar-refractivity contribution in [1.29, 1.82) is 0 Å². The fraction of sp³-hybridized carbons (Fsp3) is 0.941. The van der Waals surface area contributed by atoms with E-state index in [1.165, 1.54) is 51.4 Å². The molecule has 0 aromatic heterocycles. The van der Waals surface area contributed by atoms with Crippen LogP contribution in [0.25, 0.3) is 0 Å². The Bertz CT molecular complexity index is 376. The van der Waals surface area contributed by atoms with Gasteiger partial charge in [0.2, 0.25) is 5.91 Å². The number of carbonyl (C=O) groups excluding carboxylic acids is 1. The maximum Gasteiger partial charge on any atom is 0.226 e. The van der Waals surface area contributed by atoms with Crippen LogP contribution in [0.4, 0.5) is 0 Å². The monoisotopic (exact) mass is 277 g/mol. The van der Waals surface area contributed by atoms with Gasteiger partial charge in [0.1, 0.15) is 5.60 Å². The largest absolute Gasteiger partial charge is 0.371 e. The van der Waals surface area contributed by atoms with Crippen LogP contribution in [0, 0.1) is 11.8 Å². The molecule has 4 aliphatic rings. The van der Waals surface area contributed by atoms with E-state index in [1.54, 1.807) is 0 Å². The molecule has 1 amide bonds. The zero-order chi connectivity index (χ0) is 13.6. The van der Waals surface area contributed by atoms with Crippen molar-refractivity contribution in [2.24, 2.45) is 11.8 Å². The first-order chi connectivity index (χ1) is 9.80. The highest BCUT2D eigenvalue weighted by atomic mass is 16.5. The standard InChI is InChI=1S/C17H27NO2/c19-16(14-6-3-1-2-4-7-14)18-12-17(10-5-11-20-17)15(18)13-8-9-13/h13-15H,1-12H2. The van der Waals surface area contributed by atoms with Crippen molar-refractivity contribution < 1.29 is 9.53 Å². The van der Waals surface area contributed by atoms with E-state index in [4.69, 9.17) is 4.74 Å². The first-order valence-corrected chi connectivity index (χ1v) is 8.75. The Kier molecular flexibility index (Phi) is 3.29. The normalized spacial score (nSPS) is 38.8. The zero-order valence-corrected chi connectivity index (χ0v) is 12.5. The summed E-state index contributed by atoms with van der Waals surface area (Å²) in [6, 6.07) is 0.431. The van der Waals surface area contributed by atoms with Gasteiger partial charge in [0.25, 0.3) is 0 Å². The first-order valence-electron chi connectivity index (χ1n) is 8.75. The highest BCUT2D eigenvalue weighted by Gasteiger charge is 2.62. The summed E-state index contributed by atoms with van der Waals surface area (Å²) in [4.78, 5) is 15.1. The molecule has 0 bridgehead atoms. The molecular weight excluding hydrogens is 250 g/mol. The molecule has 112 valence electrons. The van der Waals surface area contributed by atoms with Gasteiger partial charge < -0.3 is 9.64 Å². The summed E-state index contributed by atoms with van der Waals surface area (Å²) in [5.74, 6) is 1.53. The second-order valence-electron chi connectivity index (χ2n) is 7.45. The fourth-order valence-corrected chi connectivity index (χ4v) is 4.80. The van der Waals surface area contributed by atoms with E-state index >= 15 is 0 Å². The SMILES string of the molecule is O=C(C1CCCCCC1)N1CC2(CCCO2)C1C1CC1. The molecule has 2 saturated heterocycles. The van der Waals surface area contributed by atoms with Crippen molar-refractivity contribution in [2.75, 3.05) is 13.2 Å².